The SMILES string of the molecule is C#CCNC(=O)c1ccc(OCCCC2CCN(c3ncc(CCCCC)cn3)CC2)cc1F. The molecule has 1 aliphatic heterocycles. The third kappa shape index (κ3) is 7.72. The van der Waals surface area contributed by atoms with E-state index in [-0.39, 0.29) is 12.1 Å². The fourth-order valence-electron chi connectivity index (χ4n) is 4.20. The molecule has 0 radical (unpaired) electrons. The first kappa shape index (κ1) is 25.5. The van der Waals surface area contributed by atoms with Gasteiger partial charge in [0.25, 0.3) is 5.91 Å². The van der Waals surface area contributed by atoms with Crippen molar-refractivity contribution in [1.82, 2.24) is 15.3 Å². The summed E-state index contributed by atoms with van der Waals surface area (Å²) in [6, 6.07) is 4.28. The van der Waals surface area contributed by atoms with Crippen LogP contribution in [-0.4, -0.2) is 42.1 Å². The summed E-state index contributed by atoms with van der Waals surface area (Å²) in [6.07, 6.45) is 18.0. The van der Waals surface area contributed by atoms with Crippen LogP contribution in [0.2, 0.25) is 0 Å². The van der Waals surface area contributed by atoms with Gasteiger partial charge in [-0.2, -0.15) is 0 Å². The van der Waals surface area contributed by atoms with Crippen molar-refractivity contribution in [3.8, 4) is 18.1 Å². The van der Waals surface area contributed by atoms with Crippen LogP contribution in [-0.2, 0) is 6.42 Å². The van der Waals surface area contributed by atoms with Crippen molar-refractivity contribution in [1.29, 1.82) is 0 Å². The molecule has 1 amide bonds. The lowest BCUT2D eigenvalue weighted by Crippen LogP contribution is -2.35. The number of carbonyl (C=O) groups excluding carboxylic acids is 1. The maximum absolute atomic E-state index is 14.2. The molecule has 34 heavy (non-hydrogen) atoms. The van der Waals surface area contributed by atoms with E-state index in [0.29, 0.717) is 18.3 Å². The molecule has 182 valence electrons. The molecule has 1 aromatic heterocycles. The molecule has 2 aromatic rings. The molecule has 2 heterocycles. The molecule has 6 nitrogen and oxygen atoms in total. The fraction of sp³-hybridized carbons (Fsp3) is 0.519. The molecule has 1 fully saturated rings. The Morgan fingerprint density at radius 3 is 2.68 bits per heavy atom. The molecule has 1 N–H and O–H groups in total. The van der Waals surface area contributed by atoms with E-state index in [1.165, 1.54) is 37.0 Å². The topological polar surface area (TPSA) is 67.3 Å². The van der Waals surface area contributed by atoms with Crippen LogP contribution in [0.1, 0.15) is 67.8 Å². The summed E-state index contributed by atoms with van der Waals surface area (Å²) in [6.45, 7) is 4.73. The number of piperidine rings is 1. The predicted molar refractivity (Wildman–Crippen MR) is 132 cm³/mol. The molecule has 0 saturated carbocycles. The first-order valence-corrected chi connectivity index (χ1v) is 12.3. The van der Waals surface area contributed by atoms with E-state index in [9.17, 15) is 9.18 Å². The Morgan fingerprint density at radius 1 is 1.24 bits per heavy atom. The molecule has 0 bridgehead atoms. The number of hydrogen-bond acceptors (Lipinski definition) is 5. The molecular formula is C27H35FN4O2. The standard InChI is InChI=1S/C27H35FN4O2/c1-3-5-6-8-22-19-30-27(31-20-22)32-15-12-21(13-16-32)9-7-17-34-23-10-11-24(25(28)18-23)26(33)29-14-4-2/h2,10-11,18-21H,3,5-9,12-17H2,1H3,(H,29,33). The smallest absolute Gasteiger partial charge is 0.255 e. The monoisotopic (exact) mass is 466 g/mol. The first-order chi connectivity index (χ1) is 16.6. The highest BCUT2D eigenvalue weighted by Crippen LogP contribution is 2.25. The van der Waals surface area contributed by atoms with Gasteiger partial charge in [0.2, 0.25) is 5.95 Å². The van der Waals surface area contributed by atoms with Gasteiger partial charge in [-0.1, -0.05) is 25.7 Å². The molecule has 0 atom stereocenters. The number of rotatable bonds is 12. The number of aryl methyl sites for hydroxylation is 1. The van der Waals surface area contributed by atoms with Crippen LogP contribution in [0.15, 0.2) is 30.6 Å². The highest BCUT2D eigenvalue weighted by Gasteiger charge is 2.21. The van der Waals surface area contributed by atoms with Gasteiger partial charge in [-0.05, 0) is 62.1 Å². The highest BCUT2D eigenvalue weighted by molar-refractivity contribution is 5.94. The zero-order valence-corrected chi connectivity index (χ0v) is 20.1. The minimum absolute atomic E-state index is 0.0375. The van der Waals surface area contributed by atoms with Gasteiger partial charge in [0.15, 0.2) is 0 Å². The van der Waals surface area contributed by atoms with Crippen molar-refractivity contribution >= 4 is 11.9 Å². The van der Waals surface area contributed by atoms with Crippen molar-refractivity contribution in [2.24, 2.45) is 5.92 Å². The number of nitrogens with zero attached hydrogens (tertiary/aromatic N) is 3. The van der Waals surface area contributed by atoms with Gasteiger partial charge in [0, 0.05) is 31.5 Å². The Morgan fingerprint density at radius 2 is 2.00 bits per heavy atom. The summed E-state index contributed by atoms with van der Waals surface area (Å²) >= 11 is 0. The minimum Gasteiger partial charge on any atom is -0.493 e. The van der Waals surface area contributed by atoms with Crippen LogP contribution >= 0.6 is 0 Å². The largest absolute Gasteiger partial charge is 0.493 e. The highest BCUT2D eigenvalue weighted by atomic mass is 19.1. The van der Waals surface area contributed by atoms with Gasteiger partial charge in [0.1, 0.15) is 11.6 Å². The van der Waals surface area contributed by atoms with Crippen LogP contribution in [0.5, 0.6) is 5.75 Å². The van der Waals surface area contributed by atoms with Crippen LogP contribution in [0, 0.1) is 24.1 Å². The van der Waals surface area contributed by atoms with E-state index < -0.39 is 11.7 Å². The number of unbranched alkanes of at least 4 members (excludes halogenated alkanes) is 2. The summed E-state index contributed by atoms with van der Waals surface area (Å²) in [5.41, 5.74) is 1.18. The van der Waals surface area contributed by atoms with E-state index in [4.69, 9.17) is 11.2 Å². The molecule has 7 heteroatoms. The first-order valence-electron chi connectivity index (χ1n) is 12.3. The third-order valence-corrected chi connectivity index (χ3v) is 6.22. The zero-order valence-electron chi connectivity index (χ0n) is 20.1. The summed E-state index contributed by atoms with van der Waals surface area (Å²) in [7, 11) is 0. The zero-order chi connectivity index (χ0) is 24.2. The number of nitrogens with one attached hydrogen (secondary N) is 1. The summed E-state index contributed by atoms with van der Waals surface area (Å²) < 4.78 is 19.9. The van der Waals surface area contributed by atoms with E-state index in [1.54, 1.807) is 6.07 Å². The maximum atomic E-state index is 14.2. The average Bonchev–Trinajstić information content (AvgIpc) is 2.86. The van der Waals surface area contributed by atoms with Gasteiger partial charge < -0.3 is 15.0 Å². The molecule has 0 unspecified atom stereocenters. The number of benzene rings is 1. The lowest BCUT2D eigenvalue weighted by Gasteiger charge is -2.32. The summed E-state index contributed by atoms with van der Waals surface area (Å²) in [5, 5.41) is 2.46. The molecule has 0 aliphatic carbocycles. The molecule has 3 rings (SSSR count). The van der Waals surface area contributed by atoms with Crippen molar-refractivity contribution in [3.05, 3.63) is 47.5 Å². The van der Waals surface area contributed by atoms with Gasteiger partial charge in [0.05, 0.1) is 18.7 Å². The van der Waals surface area contributed by atoms with Gasteiger partial charge in [-0.3, -0.25) is 4.79 Å². The predicted octanol–water partition coefficient (Wildman–Crippen LogP) is 4.79. The number of hydrogen-bond donors (Lipinski definition) is 1. The normalized spacial score (nSPS) is 14.0. The van der Waals surface area contributed by atoms with E-state index in [0.717, 1.165) is 51.1 Å². The van der Waals surface area contributed by atoms with E-state index in [1.807, 2.05) is 12.4 Å². The Kier molecular flexibility index (Phi) is 10.1. The second kappa shape index (κ2) is 13.5. The van der Waals surface area contributed by atoms with Crippen molar-refractivity contribution in [2.75, 3.05) is 31.1 Å². The second-order valence-electron chi connectivity index (χ2n) is 8.80. The van der Waals surface area contributed by atoms with Gasteiger partial charge in [-0.25, -0.2) is 14.4 Å². The number of amides is 1. The number of halogens is 1. The number of aromatic nitrogens is 2. The lowest BCUT2D eigenvalue weighted by molar-refractivity contribution is 0.0954. The van der Waals surface area contributed by atoms with E-state index >= 15 is 0 Å². The molecule has 1 aromatic carbocycles. The summed E-state index contributed by atoms with van der Waals surface area (Å²) in [4.78, 5) is 23.3. The third-order valence-electron chi connectivity index (χ3n) is 6.22. The number of ether oxygens (including phenoxy) is 1. The van der Waals surface area contributed by atoms with Crippen LogP contribution < -0.4 is 15.0 Å². The molecular weight excluding hydrogens is 431 g/mol. The Hall–Kier alpha value is -3.14. The quantitative estimate of drug-likeness (QED) is 0.360. The second-order valence-corrected chi connectivity index (χ2v) is 8.80. The Balaban J connectivity index is 1.35. The van der Waals surface area contributed by atoms with Gasteiger partial charge >= 0.3 is 0 Å². The van der Waals surface area contributed by atoms with Gasteiger partial charge in [-0.15, -0.1) is 6.42 Å². The lowest BCUT2D eigenvalue weighted by atomic mass is 9.92. The van der Waals surface area contributed by atoms with E-state index in [2.05, 4.69) is 33.0 Å². The average molecular weight is 467 g/mol. The van der Waals surface area contributed by atoms with Crippen molar-refractivity contribution in [2.45, 2.75) is 58.3 Å². The van der Waals surface area contributed by atoms with Crippen molar-refractivity contribution < 1.29 is 13.9 Å². The minimum atomic E-state index is -0.615. The van der Waals surface area contributed by atoms with Crippen LogP contribution in [0.25, 0.3) is 0 Å². The van der Waals surface area contributed by atoms with Crippen LogP contribution in [0.3, 0.4) is 0 Å². The van der Waals surface area contributed by atoms with Crippen LogP contribution in [0.4, 0.5) is 10.3 Å². The molecule has 1 saturated heterocycles. The number of anilines is 1. The molecule has 0 spiro atoms. The number of terminal acetylenes is 1. The fourth-order valence-corrected chi connectivity index (χ4v) is 4.20. The molecule has 1 aliphatic rings. The Bertz CT molecular complexity index is 950. The number of carbonyl (C=O) groups is 1. The Labute approximate surface area is 202 Å². The maximum Gasteiger partial charge on any atom is 0.255 e. The summed E-state index contributed by atoms with van der Waals surface area (Å²) in [5.74, 6) is 3.06. The van der Waals surface area contributed by atoms with Crippen molar-refractivity contribution in [3.63, 3.8) is 0 Å².